The number of benzene rings is 1. The number of hydrogen-bond acceptors (Lipinski definition) is 8. The lowest BCUT2D eigenvalue weighted by Gasteiger charge is -2.57. The molecule has 4 rings (SSSR count). The Labute approximate surface area is 225 Å². The summed E-state index contributed by atoms with van der Waals surface area (Å²) >= 11 is 0. The van der Waals surface area contributed by atoms with Gasteiger partial charge in [0.25, 0.3) is 0 Å². The zero-order valence-electron chi connectivity index (χ0n) is 23.9. The van der Waals surface area contributed by atoms with Gasteiger partial charge >= 0.3 is 5.97 Å². The van der Waals surface area contributed by atoms with Crippen LogP contribution in [0.3, 0.4) is 0 Å². The van der Waals surface area contributed by atoms with Crippen LogP contribution < -0.4 is 4.74 Å². The number of fused-ring (bicyclic) bond motifs is 4. The number of phenolic OH excluding ortho intramolecular Hbond substituents is 2. The standard InChI is InChI=1S/C30H44O8/c1-9-14(2)26(36-17(5)31)16(4)18-13-19(32)22-25(34)23-27(38-28(22)24(18)33)15(3)12-21-30(23,8)11-10-20(37-21)29(6,7)35/h13-16,20-21,23,26-27,32-33,35H,9-12H2,1-8H3/t14-,15-,16-,20+,21+,23?,26-,27?,30-/m0/s1. The number of ether oxygens (including phenoxy) is 3. The predicted molar refractivity (Wildman–Crippen MR) is 142 cm³/mol. The summed E-state index contributed by atoms with van der Waals surface area (Å²) in [5, 5.41) is 33.1. The molecule has 2 unspecified atom stereocenters. The van der Waals surface area contributed by atoms with E-state index in [4.69, 9.17) is 14.2 Å². The lowest BCUT2D eigenvalue weighted by Crippen LogP contribution is -2.63. The first-order valence-electron chi connectivity index (χ1n) is 14.0. The fourth-order valence-electron chi connectivity index (χ4n) is 6.99. The first-order valence-corrected chi connectivity index (χ1v) is 14.0. The molecule has 0 radical (unpaired) electrons. The topological polar surface area (TPSA) is 123 Å². The molecule has 1 aromatic rings. The Bertz CT molecular complexity index is 1090. The molecule has 2 aliphatic heterocycles. The van der Waals surface area contributed by atoms with E-state index in [0.29, 0.717) is 24.8 Å². The van der Waals surface area contributed by atoms with Gasteiger partial charge in [0.05, 0.1) is 23.7 Å². The van der Waals surface area contributed by atoms with Crippen LogP contribution in [-0.2, 0) is 14.3 Å². The molecule has 0 aromatic heterocycles. The number of phenols is 2. The Kier molecular flexibility index (Phi) is 7.56. The summed E-state index contributed by atoms with van der Waals surface area (Å²) in [6.45, 7) is 14.7. The predicted octanol–water partition coefficient (Wildman–Crippen LogP) is 5.10. The van der Waals surface area contributed by atoms with Crippen molar-refractivity contribution in [2.24, 2.45) is 23.2 Å². The van der Waals surface area contributed by atoms with Gasteiger partial charge in [0.1, 0.15) is 23.5 Å². The van der Waals surface area contributed by atoms with Crippen LogP contribution in [-0.4, -0.2) is 57.1 Å². The maximum Gasteiger partial charge on any atom is 0.302 e. The van der Waals surface area contributed by atoms with Gasteiger partial charge < -0.3 is 29.5 Å². The van der Waals surface area contributed by atoms with Gasteiger partial charge in [-0.3, -0.25) is 9.59 Å². The van der Waals surface area contributed by atoms with Gasteiger partial charge in [0.2, 0.25) is 0 Å². The number of rotatable bonds is 6. The molecule has 1 aliphatic carbocycles. The summed E-state index contributed by atoms with van der Waals surface area (Å²) in [6, 6.07) is 1.41. The van der Waals surface area contributed by atoms with Crippen LogP contribution in [0.4, 0.5) is 0 Å². The second-order valence-electron chi connectivity index (χ2n) is 12.7. The lowest BCUT2D eigenvalue weighted by atomic mass is 9.55. The number of ketones is 1. The van der Waals surface area contributed by atoms with Crippen molar-refractivity contribution >= 4 is 11.8 Å². The molecule has 38 heavy (non-hydrogen) atoms. The molecule has 3 N–H and O–H groups in total. The second-order valence-corrected chi connectivity index (χ2v) is 12.7. The van der Waals surface area contributed by atoms with E-state index in [2.05, 4.69) is 0 Å². The summed E-state index contributed by atoms with van der Waals surface area (Å²) in [6.07, 6.45) is 1.10. The highest BCUT2D eigenvalue weighted by Crippen LogP contribution is 2.58. The molecule has 2 heterocycles. The number of carbonyl (C=O) groups excluding carboxylic acids is 2. The van der Waals surface area contributed by atoms with Crippen molar-refractivity contribution in [1.82, 2.24) is 0 Å². The van der Waals surface area contributed by atoms with Gasteiger partial charge in [0, 0.05) is 23.8 Å². The summed E-state index contributed by atoms with van der Waals surface area (Å²) in [7, 11) is 0. The van der Waals surface area contributed by atoms with Gasteiger partial charge in [-0.15, -0.1) is 0 Å². The number of aliphatic hydroxyl groups is 1. The Hall–Kier alpha value is -2.32. The quantitative estimate of drug-likeness (QED) is 0.342. The molecular formula is C30H44O8. The van der Waals surface area contributed by atoms with Crippen molar-refractivity contribution < 1.29 is 39.1 Å². The van der Waals surface area contributed by atoms with Crippen molar-refractivity contribution in [3.05, 3.63) is 17.2 Å². The molecule has 1 saturated heterocycles. The largest absolute Gasteiger partial charge is 0.507 e. The van der Waals surface area contributed by atoms with Crippen LogP contribution in [0.15, 0.2) is 6.07 Å². The Balaban J connectivity index is 1.74. The van der Waals surface area contributed by atoms with E-state index in [0.717, 1.165) is 6.42 Å². The minimum Gasteiger partial charge on any atom is -0.507 e. The molecule has 0 amide bonds. The Morgan fingerprint density at radius 1 is 1.29 bits per heavy atom. The second kappa shape index (κ2) is 10.0. The minimum absolute atomic E-state index is 0.00354. The maximum absolute atomic E-state index is 14.1. The minimum atomic E-state index is -0.989. The molecule has 8 heteroatoms. The van der Waals surface area contributed by atoms with E-state index in [9.17, 15) is 24.9 Å². The van der Waals surface area contributed by atoms with Crippen molar-refractivity contribution in [1.29, 1.82) is 0 Å². The first-order chi connectivity index (χ1) is 17.6. The van der Waals surface area contributed by atoms with Crippen LogP contribution in [0.2, 0.25) is 0 Å². The van der Waals surface area contributed by atoms with E-state index in [1.807, 2.05) is 34.6 Å². The third kappa shape index (κ3) is 4.68. The lowest BCUT2D eigenvalue weighted by molar-refractivity contribution is -0.223. The molecule has 3 aliphatic rings. The van der Waals surface area contributed by atoms with Crippen LogP contribution in [0.5, 0.6) is 17.2 Å². The van der Waals surface area contributed by atoms with Crippen molar-refractivity contribution in [2.75, 3.05) is 0 Å². The molecule has 9 atom stereocenters. The van der Waals surface area contributed by atoms with Crippen molar-refractivity contribution in [2.45, 2.75) is 117 Å². The normalized spacial score (nSPS) is 33.2. The molecule has 1 saturated carbocycles. The van der Waals surface area contributed by atoms with Crippen molar-refractivity contribution in [3.63, 3.8) is 0 Å². The van der Waals surface area contributed by atoms with Crippen molar-refractivity contribution in [3.8, 4) is 17.2 Å². The number of Topliss-reactive ketones (excluding diaryl/α,β-unsaturated/α-hetero) is 1. The third-order valence-corrected chi connectivity index (χ3v) is 9.52. The monoisotopic (exact) mass is 532 g/mol. The fourth-order valence-corrected chi connectivity index (χ4v) is 6.99. The SMILES string of the molecule is CC[C@H](C)[C@H](OC(C)=O)[C@@H](C)c1cc(O)c2c(c1O)OC1C(C2=O)[C@@]2(C)CC[C@H](C(C)(C)O)O[C@@H]2C[C@@H]1C. The van der Waals surface area contributed by atoms with E-state index in [1.165, 1.54) is 13.0 Å². The molecule has 1 aromatic carbocycles. The van der Waals surface area contributed by atoms with E-state index in [1.54, 1.807) is 13.8 Å². The van der Waals surface area contributed by atoms with Gasteiger partial charge in [0.15, 0.2) is 17.3 Å². The van der Waals surface area contributed by atoms with Gasteiger partial charge in [-0.1, -0.05) is 41.0 Å². The molecule has 2 fully saturated rings. The average Bonchev–Trinajstić information content (AvgIpc) is 2.83. The maximum atomic E-state index is 14.1. The first kappa shape index (κ1) is 28.7. The Morgan fingerprint density at radius 2 is 1.95 bits per heavy atom. The number of esters is 1. The van der Waals surface area contributed by atoms with Crippen LogP contribution in [0.25, 0.3) is 0 Å². The molecule has 212 valence electrons. The van der Waals surface area contributed by atoms with Crippen LogP contribution in [0.1, 0.15) is 103 Å². The highest BCUT2D eigenvalue weighted by Gasteiger charge is 2.61. The van der Waals surface area contributed by atoms with E-state index < -0.39 is 41.0 Å². The number of carbonyl (C=O) groups is 2. The number of hydrogen-bond donors (Lipinski definition) is 3. The summed E-state index contributed by atoms with van der Waals surface area (Å²) in [5.74, 6) is -2.18. The highest BCUT2D eigenvalue weighted by molar-refractivity contribution is 6.05. The van der Waals surface area contributed by atoms with Gasteiger partial charge in [-0.05, 0) is 51.0 Å². The van der Waals surface area contributed by atoms with Crippen LogP contribution in [0, 0.1) is 23.2 Å². The molecule has 8 nitrogen and oxygen atoms in total. The summed E-state index contributed by atoms with van der Waals surface area (Å²) in [5.41, 5.74) is -1.16. The van der Waals surface area contributed by atoms with E-state index >= 15 is 0 Å². The summed E-state index contributed by atoms with van der Waals surface area (Å²) in [4.78, 5) is 25.9. The average molecular weight is 533 g/mol. The molecule has 0 bridgehead atoms. The molecular weight excluding hydrogens is 488 g/mol. The molecule has 0 spiro atoms. The zero-order chi connectivity index (χ0) is 28.3. The van der Waals surface area contributed by atoms with E-state index in [-0.39, 0.29) is 52.6 Å². The Morgan fingerprint density at radius 3 is 2.53 bits per heavy atom. The highest BCUT2D eigenvalue weighted by atomic mass is 16.5. The zero-order valence-corrected chi connectivity index (χ0v) is 23.9. The summed E-state index contributed by atoms with van der Waals surface area (Å²) < 4.78 is 18.4. The fraction of sp³-hybridized carbons (Fsp3) is 0.733. The van der Waals surface area contributed by atoms with Gasteiger partial charge in [-0.25, -0.2) is 0 Å². The third-order valence-electron chi connectivity index (χ3n) is 9.52. The van der Waals surface area contributed by atoms with Gasteiger partial charge in [-0.2, -0.15) is 0 Å². The number of aromatic hydroxyl groups is 2. The smallest absolute Gasteiger partial charge is 0.302 e. The van der Waals surface area contributed by atoms with Crippen LogP contribution >= 0.6 is 0 Å².